The molecule has 0 rings (SSSR count). The second-order valence-electron chi connectivity index (χ2n) is 2.70. The number of hydrogen-bond acceptors (Lipinski definition) is 2. The van der Waals surface area contributed by atoms with Crippen LogP contribution < -0.4 is 0 Å². The zero-order valence-corrected chi connectivity index (χ0v) is 7.55. The molecule has 0 saturated heterocycles. The number of rotatable bonds is 6. The highest BCUT2D eigenvalue weighted by molar-refractivity contribution is 5.92. The highest BCUT2D eigenvalue weighted by Crippen LogP contribution is 2.01. The number of carbonyl (C=O) groups is 1. The minimum absolute atomic E-state index is 0.0433. The van der Waals surface area contributed by atoms with Gasteiger partial charge in [-0.1, -0.05) is 18.7 Å². The third kappa shape index (κ3) is 5.86. The molecule has 0 aliphatic carbocycles. The van der Waals surface area contributed by atoms with E-state index in [1.54, 1.807) is 0 Å². The SMILES string of the molecule is C=C(CC=CCCCO)C(C)=O. The van der Waals surface area contributed by atoms with Crippen molar-refractivity contribution in [2.24, 2.45) is 0 Å². The third-order valence-electron chi connectivity index (χ3n) is 1.56. The predicted molar refractivity (Wildman–Crippen MR) is 49.9 cm³/mol. The van der Waals surface area contributed by atoms with Gasteiger partial charge in [-0.2, -0.15) is 0 Å². The maximum absolute atomic E-state index is 10.7. The predicted octanol–water partition coefficient (Wildman–Crippen LogP) is 1.85. The van der Waals surface area contributed by atoms with Gasteiger partial charge in [0.2, 0.25) is 0 Å². The van der Waals surface area contributed by atoms with Gasteiger partial charge in [-0.05, 0) is 31.8 Å². The first-order valence-corrected chi connectivity index (χ1v) is 4.13. The molecule has 0 atom stereocenters. The molecule has 0 aromatic heterocycles. The number of ketones is 1. The molecular formula is C10H16O2. The molecule has 0 heterocycles. The van der Waals surface area contributed by atoms with Crippen LogP contribution in [0.3, 0.4) is 0 Å². The molecule has 2 nitrogen and oxygen atoms in total. The zero-order chi connectivity index (χ0) is 9.40. The first-order chi connectivity index (χ1) is 5.68. The van der Waals surface area contributed by atoms with Gasteiger partial charge in [0.05, 0.1) is 0 Å². The lowest BCUT2D eigenvalue weighted by Crippen LogP contribution is -1.92. The van der Waals surface area contributed by atoms with Gasteiger partial charge in [-0.25, -0.2) is 0 Å². The Kier molecular flexibility index (Phi) is 6.29. The van der Waals surface area contributed by atoms with Crippen molar-refractivity contribution >= 4 is 5.78 Å². The summed E-state index contributed by atoms with van der Waals surface area (Å²) >= 11 is 0. The molecule has 0 aromatic carbocycles. The van der Waals surface area contributed by atoms with E-state index in [4.69, 9.17) is 5.11 Å². The summed E-state index contributed by atoms with van der Waals surface area (Å²) in [6, 6.07) is 0. The maximum Gasteiger partial charge on any atom is 0.155 e. The van der Waals surface area contributed by atoms with E-state index in [1.165, 1.54) is 6.92 Å². The molecular weight excluding hydrogens is 152 g/mol. The second-order valence-corrected chi connectivity index (χ2v) is 2.70. The molecule has 68 valence electrons. The quantitative estimate of drug-likeness (QED) is 0.373. The molecule has 0 aliphatic heterocycles. The summed E-state index contributed by atoms with van der Waals surface area (Å²) in [4.78, 5) is 10.7. The van der Waals surface area contributed by atoms with Crippen molar-refractivity contribution in [2.45, 2.75) is 26.2 Å². The number of aliphatic hydroxyl groups excluding tert-OH is 1. The smallest absolute Gasteiger partial charge is 0.155 e. The Morgan fingerprint density at radius 1 is 1.50 bits per heavy atom. The van der Waals surface area contributed by atoms with Gasteiger partial charge in [0, 0.05) is 6.61 Å². The summed E-state index contributed by atoms with van der Waals surface area (Å²) in [5.74, 6) is 0.0433. The van der Waals surface area contributed by atoms with Gasteiger partial charge >= 0.3 is 0 Å². The number of Topliss-reactive ketones (excluding diaryl/α,β-unsaturated/α-hetero) is 1. The first kappa shape index (κ1) is 11.1. The molecule has 0 aromatic rings. The number of allylic oxidation sites excluding steroid dienone is 3. The van der Waals surface area contributed by atoms with Crippen LogP contribution in [-0.4, -0.2) is 17.5 Å². The Bertz CT molecular complexity index is 180. The van der Waals surface area contributed by atoms with Crippen LogP contribution in [0.5, 0.6) is 0 Å². The maximum atomic E-state index is 10.7. The summed E-state index contributed by atoms with van der Waals surface area (Å²) in [5.41, 5.74) is 0.634. The van der Waals surface area contributed by atoms with Crippen molar-refractivity contribution in [3.05, 3.63) is 24.3 Å². The molecule has 0 spiro atoms. The summed E-state index contributed by atoms with van der Waals surface area (Å²) < 4.78 is 0. The van der Waals surface area contributed by atoms with Gasteiger partial charge in [0.1, 0.15) is 0 Å². The number of carbonyl (C=O) groups excluding carboxylic acids is 1. The summed E-state index contributed by atoms with van der Waals surface area (Å²) in [6.45, 7) is 5.36. The lowest BCUT2D eigenvalue weighted by Gasteiger charge is -1.93. The standard InChI is InChI=1S/C10H16O2/c1-9(10(2)12)7-5-3-4-6-8-11/h3,5,11H,1,4,6-8H2,2H3. The highest BCUT2D eigenvalue weighted by Gasteiger charge is 1.95. The van der Waals surface area contributed by atoms with Crippen molar-refractivity contribution < 1.29 is 9.90 Å². The number of unbranched alkanes of at least 4 members (excludes halogenated alkanes) is 1. The average molecular weight is 168 g/mol. The van der Waals surface area contributed by atoms with Crippen molar-refractivity contribution in [1.82, 2.24) is 0 Å². The molecule has 0 fully saturated rings. The molecule has 0 unspecified atom stereocenters. The molecule has 0 amide bonds. The van der Waals surface area contributed by atoms with Crippen LogP contribution in [-0.2, 0) is 4.79 Å². The molecule has 0 saturated carbocycles. The molecule has 2 heteroatoms. The van der Waals surface area contributed by atoms with Crippen LogP contribution in [0.2, 0.25) is 0 Å². The van der Waals surface area contributed by atoms with Gasteiger partial charge in [-0.3, -0.25) is 4.79 Å². The van der Waals surface area contributed by atoms with E-state index in [0.717, 1.165) is 12.8 Å². The molecule has 12 heavy (non-hydrogen) atoms. The van der Waals surface area contributed by atoms with Gasteiger partial charge in [-0.15, -0.1) is 0 Å². The zero-order valence-electron chi connectivity index (χ0n) is 7.55. The molecule has 1 N–H and O–H groups in total. The van der Waals surface area contributed by atoms with Crippen molar-refractivity contribution in [3.63, 3.8) is 0 Å². The van der Waals surface area contributed by atoms with Crippen LogP contribution in [0.25, 0.3) is 0 Å². The topological polar surface area (TPSA) is 37.3 Å². The molecule has 0 bridgehead atoms. The Balaban J connectivity index is 3.47. The summed E-state index contributed by atoms with van der Waals surface area (Å²) in [7, 11) is 0. The minimum Gasteiger partial charge on any atom is -0.396 e. The van der Waals surface area contributed by atoms with Gasteiger partial charge in [0.15, 0.2) is 5.78 Å². The lowest BCUT2D eigenvalue weighted by molar-refractivity contribution is -0.113. The Hall–Kier alpha value is -0.890. The molecule has 0 radical (unpaired) electrons. The fourth-order valence-corrected chi connectivity index (χ4v) is 0.696. The Morgan fingerprint density at radius 3 is 2.67 bits per heavy atom. The monoisotopic (exact) mass is 168 g/mol. The Labute approximate surface area is 73.6 Å². The van der Waals surface area contributed by atoms with E-state index in [1.807, 2.05) is 12.2 Å². The number of aliphatic hydroxyl groups is 1. The van der Waals surface area contributed by atoms with E-state index in [2.05, 4.69) is 6.58 Å². The summed E-state index contributed by atoms with van der Waals surface area (Å²) in [6.07, 6.45) is 6.15. The van der Waals surface area contributed by atoms with Crippen LogP contribution >= 0.6 is 0 Å². The third-order valence-corrected chi connectivity index (χ3v) is 1.56. The fraction of sp³-hybridized carbons (Fsp3) is 0.500. The van der Waals surface area contributed by atoms with Crippen LogP contribution in [0, 0.1) is 0 Å². The minimum atomic E-state index is 0.0433. The van der Waals surface area contributed by atoms with Crippen LogP contribution in [0.15, 0.2) is 24.3 Å². The average Bonchev–Trinajstić information content (AvgIpc) is 2.03. The van der Waals surface area contributed by atoms with E-state index in [-0.39, 0.29) is 12.4 Å². The Morgan fingerprint density at radius 2 is 2.17 bits per heavy atom. The van der Waals surface area contributed by atoms with E-state index >= 15 is 0 Å². The largest absolute Gasteiger partial charge is 0.396 e. The van der Waals surface area contributed by atoms with Crippen LogP contribution in [0.1, 0.15) is 26.2 Å². The number of hydrogen-bond donors (Lipinski definition) is 1. The van der Waals surface area contributed by atoms with Crippen molar-refractivity contribution in [1.29, 1.82) is 0 Å². The van der Waals surface area contributed by atoms with E-state index in [9.17, 15) is 4.79 Å². The molecule has 0 aliphatic rings. The van der Waals surface area contributed by atoms with E-state index in [0.29, 0.717) is 12.0 Å². The highest BCUT2D eigenvalue weighted by atomic mass is 16.2. The van der Waals surface area contributed by atoms with Gasteiger partial charge < -0.3 is 5.11 Å². The summed E-state index contributed by atoms with van der Waals surface area (Å²) in [5, 5.41) is 8.46. The van der Waals surface area contributed by atoms with E-state index < -0.39 is 0 Å². The van der Waals surface area contributed by atoms with Crippen LogP contribution in [0.4, 0.5) is 0 Å². The first-order valence-electron chi connectivity index (χ1n) is 4.13. The second kappa shape index (κ2) is 6.80. The van der Waals surface area contributed by atoms with Crippen molar-refractivity contribution in [2.75, 3.05) is 6.61 Å². The fourth-order valence-electron chi connectivity index (χ4n) is 0.696. The van der Waals surface area contributed by atoms with Crippen molar-refractivity contribution in [3.8, 4) is 0 Å². The normalized spacial score (nSPS) is 10.5. The lowest BCUT2D eigenvalue weighted by atomic mass is 10.1. The van der Waals surface area contributed by atoms with Gasteiger partial charge in [0.25, 0.3) is 0 Å².